The highest BCUT2D eigenvalue weighted by Gasteiger charge is 2.20. The molecule has 1 aliphatic rings. The van der Waals surface area contributed by atoms with Gasteiger partial charge in [0.1, 0.15) is 12.4 Å². The zero-order chi connectivity index (χ0) is 16.8. The highest BCUT2D eigenvalue weighted by Crippen LogP contribution is 2.11. The van der Waals surface area contributed by atoms with Gasteiger partial charge in [-0.2, -0.15) is 0 Å². The Balaban J connectivity index is 1.46. The molecular formula is C18H23N3O3. The lowest BCUT2D eigenvalue weighted by Crippen LogP contribution is -2.35. The molecule has 2 heterocycles. The summed E-state index contributed by atoms with van der Waals surface area (Å²) in [4.78, 5) is 16.3. The van der Waals surface area contributed by atoms with Gasteiger partial charge >= 0.3 is 6.09 Å². The molecule has 1 fully saturated rings. The van der Waals surface area contributed by atoms with Crippen molar-refractivity contribution in [3.63, 3.8) is 0 Å². The van der Waals surface area contributed by atoms with Crippen LogP contribution < -0.4 is 0 Å². The molecule has 2 aromatic rings. The fourth-order valence-electron chi connectivity index (χ4n) is 2.84. The van der Waals surface area contributed by atoms with Gasteiger partial charge in [0.15, 0.2) is 0 Å². The number of hydrogen-bond donors (Lipinski definition) is 0. The highest BCUT2D eigenvalue weighted by atomic mass is 16.6. The van der Waals surface area contributed by atoms with Crippen LogP contribution in [-0.4, -0.2) is 47.2 Å². The maximum absolute atomic E-state index is 12.3. The number of aromatic nitrogens is 1. The van der Waals surface area contributed by atoms with Gasteiger partial charge in [0.25, 0.3) is 0 Å². The quantitative estimate of drug-likeness (QED) is 0.863. The minimum atomic E-state index is -0.238. The number of carbonyl (C=O) groups excluding carboxylic acids is 1. The first-order valence-corrected chi connectivity index (χ1v) is 8.31. The second kappa shape index (κ2) is 7.97. The van der Waals surface area contributed by atoms with Crippen LogP contribution in [-0.2, 0) is 17.9 Å². The molecule has 1 aliphatic heterocycles. The van der Waals surface area contributed by atoms with Crippen LogP contribution in [0.5, 0.6) is 0 Å². The molecule has 0 N–H and O–H groups in total. The molecule has 0 unspecified atom stereocenters. The molecule has 3 rings (SSSR count). The minimum Gasteiger partial charge on any atom is -0.445 e. The normalized spacial score (nSPS) is 16.0. The van der Waals surface area contributed by atoms with Crippen molar-refractivity contribution in [2.75, 3.05) is 26.2 Å². The number of hydrogen-bond acceptors (Lipinski definition) is 5. The summed E-state index contributed by atoms with van der Waals surface area (Å²) in [5.74, 6) is 0.825. The van der Waals surface area contributed by atoms with Crippen LogP contribution in [0.25, 0.3) is 0 Å². The third-order valence-corrected chi connectivity index (χ3v) is 4.11. The number of aryl methyl sites for hydroxylation is 1. The molecule has 0 radical (unpaired) electrons. The van der Waals surface area contributed by atoms with E-state index in [1.165, 1.54) is 0 Å². The average molecular weight is 329 g/mol. The summed E-state index contributed by atoms with van der Waals surface area (Å²) in [7, 11) is 0. The minimum absolute atomic E-state index is 0.238. The van der Waals surface area contributed by atoms with E-state index in [0.717, 1.165) is 49.6 Å². The van der Waals surface area contributed by atoms with E-state index in [-0.39, 0.29) is 6.09 Å². The topological polar surface area (TPSA) is 58.8 Å². The number of amides is 1. The number of ether oxygens (including phenoxy) is 1. The summed E-state index contributed by atoms with van der Waals surface area (Å²) in [6.45, 7) is 6.11. The average Bonchev–Trinajstić information content (AvgIpc) is 2.86. The first kappa shape index (κ1) is 16.5. The Bertz CT molecular complexity index is 657. The Kier molecular flexibility index (Phi) is 5.48. The number of benzene rings is 1. The van der Waals surface area contributed by atoms with Crippen molar-refractivity contribution in [2.24, 2.45) is 0 Å². The first-order chi connectivity index (χ1) is 11.7. The van der Waals surface area contributed by atoms with Crippen LogP contribution in [0.4, 0.5) is 4.79 Å². The van der Waals surface area contributed by atoms with Gasteiger partial charge in [0, 0.05) is 38.8 Å². The van der Waals surface area contributed by atoms with Gasteiger partial charge < -0.3 is 14.2 Å². The van der Waals surface area contributed by atoms with Crippen molar-refractivity contribution in [1.29, 1.82) is 0 Å². The summed E-state index contributed by atoms with van der Waals surface area (Å²) in [5.41, 5.74) is 1.94. The van der Waals surface area contributed by atoms with Gasteiger partial charge in [-0.05, 0) is 18.9 Å². The number of nitrogens with zero attached hydrogens (tertiary/aromatic N) is 3. The lowest BCUT2D eigenvalue weighted by atomic mass is 10.2. The third kappa shape index (κ3) is 4.58. The summed E-state index contributed by atoms with van der Waals surface area (Å²) in [6.07, 6.45) is 0.690. The number of rotatable bonds is 4. The molecule has 1 aromatic heterocycles. The molecule has 0 saturated carbocycles. The second-order valence-corrected chi connectivity index (χ2v) is 6.09. The fourth-order valence-corrected chi connectivity index (χ4v) is 2.84. The van der Waals surface area contributed by atoms with E-state index in [9.17, 15) is 4.79 Å². The lowest BCUT2D eigenvalue weighted by Gasteiger charge is -2.21. The highest BCUT2D eigenvalue weighted by molar-refractivity contribution is 5.67. The molecule has 0 atom stereocenters. The number of carbonyl (C=O) groups is 1. The largest absolute Gasteiger partial charge is 0.445 e. The predicted molar refractivity (Wildman–Crippen MR) is 89.3 cm³/mol. The van der Waals surface area contributed by atoms with Crippen LogP contribution in [0, 0.1) is 6.92 Å². The molecule has 0 bridgehead atoms. The van der Waals surface area contributed by atoms with Gasteiger partial charge in [-0.25, -0.2) is 4.79 Å². The van der Waals surface area contributed by atoms with Crippen molar-refractivity contribution in [3.8, 4) is 0 Å². The molecule has 128 valence electrons. The monoisotopic (exact) mass is 329 g/mol. The van der Waals surface area contributed by atoms with Gasteiger partial charge in [-0.3, -0.25) is 4.90 Å². The lowest BCUT2D eigenvalue weighted by molar-refractivity contribution is 0.0972. The first-order valence-electron chi connectivity index (χ1n) is 8.31. The van der Waals surface area contributed by atoms with Gasteiger partial charge in [-0.1, -0.05) is 35.5 Å². The van der Waals surface area contributed by atoms with Crippen LogP contribution in [0.1, 0.15) is 23.4 Å². The smallest absolute Gasteiger partial charge is 0.410 e. The van der Waals surface area contributed by atoms with E-state index in [1.54, 1.807) is 4.90 Å². The van der Waals surface area contributed by atoms with Crippen molar-refractivity contribution in [2.45, 2.75) is 26.5 Å². The Morgan fingerprint density at radius 3 is 2.79 bits per heavy atom. The van der Waals surface area contributed by atoms with E-state index >= 15 is 0 Å². The Morgan fingerprint density at radius 2 is 2.04 bits per heavy atom. The summed E-state index contributed by atoms with van der Waals surface area (Å²) in [6, 6.07) is 11.7. The Labute approximate surface area is 142 Å². The van der Waals surface area contributed by atoms with E-state index in [0.29, 0.717) is 13.2 Å². The third-order valence-electron chi connectivity index (χ3n) is 4.11. The van der Waals surface area contributed by atoms with Crippen LogP contribution >= 0.6 is 0 Å². The van der Waals surface area contributed by atoms with Gasteiger partial charge in [0.2, 0.25) is 0 Å². The van der Waals surface area contributed by atoms with Crippen molar-refractivity contribution >= 4 is 6.09 Å². The van der Waals surface area contributed by atoms with Gasteiger partial charge in [-0.15, -0.1) is 0 Å². The summed E-state index contributed by atoms with van der Waals surface area (Å²) < 4.78 is 10.5. The Morgan fingerprint density at radius 1 is 1.21 bits per heavy atom. The van der Waals surface area contributed by atoms with Gasteiger partial charge in [0.05, 0.1) is 5.69 Å². The molecule has 1 saturated heterocycles. The molecular weight excluding hydrogens is 306 g/mol. The maximum Gasteiger partial charge on any atom is 0.410 e. The molecule has 6 heteroatoms. The fraction of sp³-hybridized carbons (Fsp3) is 0.444. The zero-order valence-corrected chi connectivity index (χ0v) is 14.0. The molecule has 0 aliphatic carbocycles. The van der Waals surface area contributed by atoms with Crippen LogP contribution in [0.15, 0.2) is 40.9 Å². The maximum atomic E-state index is 12.3. The predicted octanol–water partition coefficient (Wildman–Crippen LogP) is 2.83. The second-order valence-electron chi connectivity index (χ2n) is 6.09. The summed E-state index contributed by atoms with van der Waals surface area (Å²) >= 11 is 0. The molecule has 1 aromatic carbocycles. The van der Waals surface area contributed by atoms with Crippen molar-refractivity contribution in [3.05, 3.63) is 53.4 Å². The summed E-state index contributed by atoms with van der Waals surface area (Å²) in [5, 5.41) is 4.04. The molecule has 1 amide bonds. The molecule has 6 nitrogen and oxygen atoms in total. The van der Waals surface area contributed by atoms with E-state index in [4.69, 9.17) is 9.26 Å². The molecule has 24 heavy (non-hydrogen) atoms. The van der Waals surface area contributed by atoms with Crippen LogP contribution in [0.2, 0.25) is 0 Å². The van der Waals surface area contributed by atoms with Crippen LogP contribution in [0.3, 0.4) is 0 Å². The van der Waals surface area contributed by atoms with E-state index in [1.807, 2.05) is 43.3 Å². The zero-order valence-electron chi connectivity index (χ0n) is 14.0. The SMILES string of the molecule is Cc1cc(CN2CCCN(C(=O)OCc3ccccc3)CC2)no1. The van der Waals surface area contributed by atoms with Crippen molar-refractivity contribution < 1.29 is 14.1 Å². The van der Waals surface area contributed by atoms with E-state index in [2.05, 4.69) is 10.1 Å². The van der Waals surface area contributed by atoms with Crippen molar-refractivity contribution in [1.82, 2.24) is 15.0 Å². The standard InChI is InChI=1S/C18H23N3O3/c1-15-12-17(19-24-15)13-20-8-5-9-21(11-10-20)18(22)23-14-16-6-3-2-4-7-16/h2-4,6-7,12H,5,8-11,13-14H2,1H3. The van der Waals surface area contributed by atoms with E-state index < -0.39 is 0 Å². The Hall–Kier alpha value is -2.34. The molecule has 0 spiro atoms.